The summed E-state index contributed by atoms with van der Waals surface area (Å²) in [6, 6.07) is 0. The smallest absolute Gasteiger partial charge is 0.292 e. The lowest BCUT2D eigenvalue weighted by Crippen LogP contribution is -2.36. The van der Waals surface area contributed by atoms with E-state index < -0.39 is 15.4 Å². The first-order chi connectivity index (χ1) is 6.75. The second-order valence-electron chi connectivity index (χ2n) is 3.17. The van der Waals surface area contributed by atoms with Gasteiger partial charge in [-0.1, -0.05) is 0 Å². The van der Waals surface area contributed by atoms with Crippen LogP contribution in [0.2, 0.25) is 0 Å². The van der Waals surface area contributed by atoms with Gasteiger partial charge < -0.3 is 5.01 Å². The average molecular weight is 232 g/mol. The first-order valence-electron chi connectivity index (χ1n) is 4.00. The molecule has 0 unspecified atom stereocenters. The van der Waals surface area contributed by atoms with Crippen LogP contribution in [0.3, 0.4) is 0 Å². The van der Waals surface area contributed by atoms with E-state index in [1.54, 1.807) is 0 Å². The molecule has 0 atom stereocenters. The molecule has 1 rings (SSSR count). The Labute approximate surface area is 87.0 Å². The maximum atomic E-state index is 11.6. The standard InChI is InChI=1S/C7H12N4O3S/c1-10(8)6-5(15(3,13)14)4-9-11(2)7(6)12/h4H,8H2,1-3H3. The molecule has 0 aliphatic carbocycles. The van der Waals surface area contributed by atoms with Gasteiger partial charge in [-0.05, 0) is 0 Å². The predicted octanol–water partition coefficient (Wildman–Crippen LogP) is -1.51. The molecule has 0 aliphatic rings. The fraction of sp³-hybridized carbons (Fsp3) is 0.429. The van der Waals surface area contributed by atoms with Gasteiger partial charge in [-0.3, -0.25) is 4.79 Å². The van der Waals surface area contributed by atoms with E-state index in [0.717, 1.165) is 22.1 Å². The highest BCUT2D eigenvalue weighted by Gasteiger charge is 2.19. The molecule has 1 aromatic heterocycles. The molecule has 1 heterocycles. The minimum Gasteiger partial charge on any atom is -0.308 e. The molecule has 0 saturated heterocycles. The van der Waals surface area contributed by atoms with E-state index in [4.69, 9.17) is 5.84 Å². The number of aromatic nitrogens is 2. The van der Waals surface area contributed by atoms with Crippen LogP contribution in [-0.2, 0) is 16.9 Å². The zero-order valence-corrected chi connectivity index (χ0v) is 9.45. The highest BCUT2D eigenvalue weighted by atomic mass is 32.2. The van der Waals surface area contributed by atoms with Gasteiger partial charge in [0.05, 0.1) is 6.20 Å². The Morgan fingerprint density at radius 2 is 2.07 bits per heavy atom. The van der Waals surface area contributed by atoms with E-state index in [-0.39, 0.29) is 10.6 Å². The van der Waals surface area contributed by atoms with Crippen molar-refractivity contribution >= 4 is 15.5 Å². The van der Waals surface area contributed by atoms with Crippen molar-refractivity contribution in [3.63, 3.8) is 0 Å². The summed E-state index contributed by atoms with van der Waals surface area (Å²) in [5.41, 5.74) is -0.641. The van der Waals surface area contributed by atoms with E-state index in [2.05, 4.69) is 5.10 Å². The van der Waals surface area contributed by atoms with Crippen LogP contribution in [-0.4, -0.2) is 31.5 Å². The van der Waals surface area contributed by atoms with Crippen LogP contribution in [0.25, 0.3) is 0 Å². The molecule has 15 heavy (non-hydrogen) atoms. The number of hydrogen-bond acceptors (Lipinski definition) is 6. The fourth-order valence-electron chi connectivity index (χ4n) is 1.11. The van der Waals surface area contributed by atoms with Gasteiger partial charge in [-0.15, -0.1) is 0 Å². The SMILES string of the molecule is CN(N)c1c(S(C)(=O)=O)cnn(C)c1=O. The molecule has 0 bridgehead atoms. The topological polar surface area (TPSA) is 98.3 Å². The van der Waals surface area contributed by atoms with Gasteiger partial charge >= 0.3 is 0 Å². The number of rotatable bonds is 2. The normalized spacial score (nSPS) is 11.5. The van der Waals surface area contributed by atoms with Crippen molar-refractivity contribution in [2.45, 2.75) is 4.90 Å². The minimum absolute atomic E-state index is 0.0880. The molecule has 8 heteroatoms. The molecule has 0 aliphatic heterocycles. The average Bonchev–Trinajstić information content (AvgIpc) is 2.06. The summed E-state index contributed by atoms with van der Waals surface area (Å²) in [5, 5.41) is 4.60. The maximum absolute atomic E-state index is 11.6. The molecule has 0 saturated carbocycles. The molecule has 0 spiro atoms. The van der Waals surface area contributed by atoms with Gasteiger partial charge in [-0.2, -0.15) is 5.10 Å². The third-order valence-electron chi connectivity index (χ3n) is 1.83. The van der Waals surface area contributed by atoms with Crippen molar-refractivity contribution in [3.8, 4) is 0 Å². The molecule has 0 aromatic carbocycles. The summed E-state index contributed by atoms with van der Waals surface area (Å²) >= 11 is 0. The van der Waals surface area contributed by atoms with Crippen LogP contribution in [0.1, 0.15) is 0 Å². The summed E-state index contributed by atoms with van der Waals surface area (Å²) in [7, 11) is -0.703. The van der Waals surface area contributed by atoms with Crippen molar-refractivity contribution in [1.82, 2.24) is 9.78 Å². The Kier molecular flexibility index (Phi) is 2.82. The van der Waals surface area contributed by atoms with Crippen LogP contribution >= 0.6 is 0 Å². The lowest BCUT2D eigenvalue weighted by molar-refractivity contribution is 0.597. The summed E-state index contributed by atoms with van der Waals surface area (Å²) in [6.07, 6.45) is 2.10. The Hall–Kier alpha value is -1.41. The minimum atomic E-state index is -3.52. The monoisotopic (exact) mass is 232 g/mol. The fourth-order valence-corrected chi connectivity index (χ4v) is 1.93. The first kappa shape index (κ1) is 11.7. The van der Waals surface area contributed by atoms with Crippen LogP contribution < -0.4 is 16.4 Å². The van der Waals surface area contributed by atoms with Gasteiger partial charge in [0.25, 0.3) is 5.56 Å². The van der Waals surface area contributed by atoms with Crippen molar-refractivity contribution in [2.24, 2.45) is 12.9 Å². The third-order valence-corrected chi connectivity index (χ3v) is 2.93. The van der Waals surface area contributed by atoms with Crippen LogP contribution in [0.15, 0.2) is 15.9 Å². The third kappa shape index (κ3) is 2.16. The summed E-state index contributed by atoms with van der Waals surface area (Å²) in [6.45, 7) is 0. The summed E-state index contributed by atoms with van der Waals surface area (Å²) in [5.74, 6) is 5.41. The lowest BCUT2D eigenvalue weighted by atomic mass is 10.4. The Bertz CT molecular complexity index is 532. The highest BCUT2D eigenvalue weighted by Crippen LogP contribution is 2.16. The molecule has 0 fully saturated rings. The molecule has 1 aromatic rings. The lowest BCUT2D eigenvalue weighted by Gasteiger charge is -2.14. The molecule has 0 amide bonds. The molecular weight excluding hydrogens is 220 g/mol. The summed E-state index contributed by atoms with van der Waals surface area (Å²) in [4.78, 5) is 11.4. The molecule has 0 radical (unpaired) electrons. The van der Waals surface area contributed by atoms with Crippen molar-refractivity contribution in [3.05, 3.63) is 16.6 Å². The number of aryl methyl sites for hydroxylation is 1. The number of nitrogens with zero attached hydrogens (tertiary/aromatic N) is 3. The first-order valence-corrected chi connectivity index (χ1v) is 5.89. The van der Waals surface area contributed by atoms with Gasteiger partial charge in [0, 0.05) is 20.4 Å². The predicted molar refractivity (Wildman–Crippen MR) is 55.2 cm³/mol. The van der Waals surface area contributed by atoms with Crippen LogP contribution in [0.5, 0.6) is 0 Å². The summed E-state index contributed by atoms with van der Waals surface area (Å²) < 4.78 is 23.7. The highest BCUT2D eigenvalue weighted by molar-refractivity contribution is 7.90. The molecule has 2 N–H and O–H groups in total. The quantitative estimate of drug-likeness (QED) is 0.492. The van der Waals surface area contributed by atoms with Gasteiger partial charge in [-0.25, -0.2) is 18.9 Å². The van der Waals surface area contributed by atoms with Gasteiger partial charge in [0.15, 0.2) is 9.84 Å². The number of sulfone groups is 1. The second-order valence-corrected chi connectivity index (χ2v) is 5.15. The molecule has 84 valence electrons. The van der Waals surface area contributed by atoms with Crippen LogP contribution in [0.4, 0.5) is 5.69 Å². The van der Waals surface area contributed by atoms with E-state index in [0.29, 0.717) is 0 Å². The van der Waals surface area contributed by atoms with E-state index in [1.165, 1.54) is 14.1 Å². The Morgan fingerprint density at radius 1 is 1.53 bits per heavy atom. The number of hydrogen-bond donors (Lipinski definition) is 1. The van der Waals surface area contributed by atoms with E-state index in [1.807, 2.05) is 0 Å². The van der Waals surface area contributed by atoms with Crippen molar-refractivity contribution < 1.29 is 8.42 Å². The van der Waals surface area contributed by atoms with Crippen LogP contribution in [0, 0.1) is 0 Å². The number of nitrogens with two attached hydrogens (primary N) is 1. The number of hydrazine groups is 1. The Balaban J connectivity index is 3.70. The van der Waals surface area contributed by atoms with Crippen molar-refractivity contribution in [2.75, 3.05) is 18.3 Å². The zero-order chi connectivity index (χ0) is 11.8. The van der Waals surface area contributed by atoms with Crippen molar-refractivity contribution in [1.29, 1.82) is 0 Å². The largest absolute Gasteiger partial charge is 0.308 e. The molecule has 7 nitrogen and oxygen atoms in total. The Morgan fingerprint density at radius 3 is 2.47 bits per heavy atom. The maximum Gasteiger partial charge on any atom is 0.292 e. The van der Waals surface area contributed by atoms with E-state index in [9.17, 15) is 13.2 Å². The zero-order valence-electron chi connectivity index (χ0n) is 8.63. The van der Waals surface area contributed by atoms with E-state index >= 15 is 0 Å². The second kappa shape index (κ2) is 3.63. The van der Waals surface area contributed by atoms with Gasteiger partial charge in [0.2, 0.25) is 0 Å². The van der Waals surface area contributed by atoms with Gasteiger partial charge in [0.1, 0.15) is 10.6 Å². The number of anilines is 1. The molecular formula is C7H12N4O3S.